The molecule has 66 valence electrons. The van der Waals surface area contributed by atoms with Gasteiger partial charge in [0.2, 0.25) is 0 Å². The van der Waals surface area contributed by atoms with E-state index in [2.05, 4.69) is 0 Å². The Balaban J connectivity index is 2.76. The minimum Gasteiger partial charge on any atom is -0.784 e. The highest BCUT2D eigenvalue weighted by molar-refractivity contribution is 4.96. The smallest absolute Gasteiger partial charge is 0.00368 e. The molecular formula is C9H18NO-. The molecule has 0 bridgehead atoms. The molecule has 0 aliphatic carbocycles. The predicted octanol–water partition coefficient (Wildman–Crippen LogP) is 2.53. The van der Waals surface area contributed by atoms with Crippen molar-refractivity contribution in [2.24, 2.45) is 0 Å². The monoisotopic (exact) mass is 156 g/mol. The van der Waals surface area contributed by atoms with Crippen LogP contribution in [0.3, 0.4) is 0 Å². The van der Waals surface area contributed by atoms with Crippen molar-refractivity contribution < 1.29 is 0 Å². The molecule has 11 heavy (non-hydrogen) atoms. The van der Waals surface area contributed by atoms with Crippen molar-refractivity contribution in [2.75, 3.05) is 0 Å². The summed E-state index contributed by atoms with van der Waals surface area (Å²) in [5.41, 5.74) is -0.302. The Kier molecular flexibility index (Phi) is 2.01. The molecule has 0 radical (unpaired) electrons. The average Bonchev–Trinajstić information content (AvgIpc) is 1.82. The van der Waals surface area contributed by atoms with Crippen LogP contribution in [0.15, 0.2) is 0 Å². The minimum atomic E-state index is -0.151. The van der Waals surface area contributed by atoms with Gasteiger partial charge in [0.25, 0.3) is 0 Å². The topological polar surface area (TPSA) is 26.3 Å². The van der Waals surface area contributed by atoms with E-state index in [4.69, 9.17) is 0 Å². The SMILES string of the molecule is CC1(C)CCCC(C)(C)N1[O-]. The van der Waals surface area contributed by atoms with Crippen molar-refractivity contribution in [3.63, 3.8) is 0 Å². The van der Waals surface area contributed by atoms with Crippen LogP contribution in [-0.4, -0.2) is 16.1 Å². The van der Waals surface area contributed by atoms with Gasteiger partial charge in [-0.2, -0.15) is 0 Å². The second-order valence-corrected chi connectivity index (χ2v) is 4.77. The van der Waals surface area contributed by atoms with Crippen LogP contribution in [0.1, 0.15) is 47.0 Å². The summed E-state index contributed by atoms with van der Waals surface area (Å²) < 4.78 is 0. The first-order chi connectivity index (χ1) is 4.86. The van der Waals surface area contributed by atoms with E-state index in [-0.39, 0.29) is 11.1 Å². The molecule has 0 aromatic rings. The first kappa shape index (κ1) is 9.01. The Bertz CT molecular complexity index is 136. The normalized spacial score (nSPS) is 30.3. The Morgan fingerprint density at radius 2 is 1.36 bits per heavy atom. The lowest BCUT2D eigenvalue weighted by atomic mass is 9.82. The van der Waals surface area contributed by atoms with E-state index in [1.807, 2.05) is 27.7 Å². The lowest BCUT2D eigenvalue weighted by Gasteiger charge is -2.58. The van der Waals surface area contributed by atoms with Crippen molar-refractivity contribution in [1.29, 1.82) is 0 Å². The van der Waals surface area contributed by atoms with Gasteiger partial charge < -0.3 is 10.3 Å². The zero-order chi connectivity index (χ0) is 8.70. The maximum Gasteiger partial charge on any atom is 0.00368 e. The molecule has 1 fully saturated rings. The number of hydrogen-bond acceptors (Lipinski definition) is 2. The van der Waals surface area contributed by atoms with Gasteiger partial charge in [0.1, 0.15) is 0 Å². The molecule has 0 atom stereocenters. The molecule has 0 unspecified atom stereocenters. The zero-order valence-electron chi connectivity index (χ0n) is 7.98. The van der Waals surface area contributed by atoms with Crippen LogP contribution in [-0.2, 0) is 0 Å². The first-order valence-electron chi connectivity index (χ1n) is 4.34. The van der Waals surface area contributed by atoms with Crippen LogP contribution in [0, 0.1) is 5.21 Å². The number of rotatable bonds is 0. The minimum absolute atomic E-state index is 0.151. The summed E-state index contributed by atoms with van der Waals surface area (Å²) >= 11 is 0. The lowest BCUT2D eigenvalue weighted by molar-refractivity contribution is 0.0194. The first-order valence-corrected chi connectivity index (χ1v) is 4.34. The summed E-state index contributed by atoms with van der Waals surface area (Å²) in [7, 11) is 0. The van der Waals surface area contributed by atoms with Crippen LogP contribution < -0.4 is 0 Å². The van der Waals surface area contributed by atoms with E-state index in [0.29, 0.717) is 0 Å². The summed E-state index contributed by atoms with van der Waals surface area (Å²) in [6, 6.07) is 0. The lowest BCUT2D eigenvalue weighted by Crippen LogP contribution is -2.55. The molecular weight excluding hydrogens is 138 g/mol. The average molecular weight is 156 g/mol. The van der Waals surface area contributed by atoms with Gasteiger partial charge in [-0.1, -0.05) is 0 Å². The molecule has 0 N–H and O–H groups in total. The van der Waals surface area contributed by atoms with Gasteiger partial charge >= 0.3 is 0 Å². The van der Waals surface area contributed by atoms with Crippen LogP contribution in [0.2, 0.25) is 0 Å². The molecule has 0 saturated carbocycles. The molecule has 1 rings (SSSR count). The fraction of sp³-hybridized carbons (Fsp3) is 1.00. The summed E-state index contributed by atoms with van der Waals surface area (Å²) in [6.45, 7) is 8.11. The third-order valence-electron chi connectivity index (χ3n) is 2.68. The maximum absolute atomic E-state index is 11.7. The molecule has 1 heterocycles. The van der Waals surface area contributed by atoms with Gasteiger partial charge in [0.15, 0.2) is 0 Å². The summed E-state index contributed by atoms with van der Waals surface area (Å²) in [5, 5.41) is 13.0. The third kappa shape index (κ3) is 1.57. The quantitative estimate of drug-likeness (QED) is 0.538. The maximum atomic E-state index is 11.7. The van der Waals surface area contributed by atoms with E-state index in [1.54, 1.807) is 0 Å². The Hall–Kier alpha value is -0.0800. The second kappa shape index (κ2) is 2.46. The molecule has 1 aliphatic heterocycles. The molecule has 2 heteroatoms. The van der Waals surface area contributed by atoms with Gasteiger partial charge in [0.05, 0.1) is 0 Å². The van der Waals surface area contributed by atoms with E-state index in [0.717, 1.165) is 12.8 Å². The molecule has 0 spiro atoms. The van der Waals surface area contributed by atoms with Crippen molar-refractivity contribution in [1.82, 2.24) is 5.06 Å². The van der Waals surface area contributed by atoms with Crippen molar-refractivity contribution in [2.45, 2.75) is 58.0 Å². The van der Waals surface area contributed by atoms with Gasteiger partial charge in [-0.25, -0.2) is 0 Å². The van der Waals surface area contributed by atoms with Gasteiger partial charge in [-0.05, 0) is 47.0 Å². The fourth-order valence-corrected chi connectivity index (χ4v) is 1.98. The van der Waals surface area contributed by atoms with Crippen molar-refractivity contribution >= 4 is 0 Å². The van der Waals surface area contributed by atoms with E-state index in [1.165, 1.54) is 11.5 Å². The summed E-state index contributed by atoms with van der Waals surface area (Å²) in [4.78, 5) is 0. The molecule has 1 aliphatic rings. The van der Waals surface area contributed by atoms with Crippen LogP contribution >= 0.6 is 0 Å². The number of nitrogens with zero attached hydrogens (tertiary/aromatic N) is 1. The fourth-order valence-electron chi connectivity index (χ4n) is 1.98. The number of hydroxylamine groups is 2. The Morgan fingerprint density at radius 3 is 1.64 bits per heavy atom. The van der Waals surface area contributed by atoms with Crippen molar-refractivity contribution in [3.8, 4) is 0 Å². The predicted molar refractivity (Wildman–Crippen MR) is 47.2 cm³/mol. The van der Waals surface area contributed by atoms with Gasteiger partial charge in [-0.3, -0.25) is 0 Å². The highest BCUT2D eigenvalue weighted by Gasteiger charge is 2.34. The molecule has 1 saturated heterocycles. The molecule has 0 aromatic heterocycles. The highest BCUT2D eigenvalue weighted by atomic mass is 16.5. The third-order valence-corrected chi connectivity index (χ3v) is 2.68. The number of hydrogen-bond donors (Lipinski definition) is 0. The Morgan fingerprint density at radius 1 is 1.00 bits per heavy atom. The summed E-state index contributed by atoms with van der Waals surface area (Å²) in [5.74, 6) is 0. The van der Waals surface area contributed by atoms with Crippen LogP contribution in [0.25, 0.3) is 0 Å². The Labute approximate surface area is 69.2 Å². The number of piperidine rings is 1. The van der Waals surface area contributed by atoms with Crippen LogP contribution in [0.5, 0.6) is 0 Å². The molecule has 2 nitrogen and oxygen atoms in total. The van der Waals surface area contributed by atoms with Gasteiger partial charge in [0, 0.05) is 11.1 Å². The summed E-state index contributed by atoms with van der Waals surface area (Å²) in [6.07, 6.45) is 3.23. The van der Waals surface area contributed by atoms with Crippen LogP contribution in [0.4, 0.5) is 0 Å². The standard InChI is InChI=1S/C9H18NO/c1-8(2)6-5-7-9(3,4)10(8)11/h5-7H2,1-4H3/q-1. The van der Waals surface area contributed by atoms with Crippen molar-refractivity contribution in [3.05, 3.63) is 5.21 Å². The van der Waals surface area contributed by atoms with Gasteiger partial charge in [-0.15, -0.1) is 0 Å². The van der Waals surface area contributed by atoms with E-state index in [9.17, 15) is 5.21 Å². The largest absolute Gasteiger partial charge is 0.784 e. The van der Waals surface area contributed by atoms with E-state index < -0.39 is 0 Å². The molecule has 0 aromatic carbocycles. The second-order valence-electron chi connectivity index (χ2n) is 4.77. The van der Waals surface area contributed by atoms with E-state index >= 15 is 0 Å². The highest BCUT2D eigenvalue weighted by Crippen LogP contribution is 2.36. The molecule has 0 amide bonds. The zero-order valence-corrected chi connectivity index (χ0v) is 7.98.